The fraction of sp³-hybridized carbons (Fsp3) is 0.105. The molecule has 0 atom stereocenters. The van der Waals surface area contributed by atoms with Gasteiger partial charge in [-0.2, -0.15) is 0 Å². The molecule has 0 radical (unpaired) electrons. The van der Waals surface area contributed by atoms with Crippen LogP contribution in [0.25, 0.3) is 10.1 Å². The fourth-order valence-electron chi connectivity index (χ4n) is 2.38. The van der Waals surface area contributed by atoms with E-state index in [1.54, 1.807) is 6.07 Å². The Hall–Kier alpha value is -2.68. The van der Waals surface area contributed by atoms with Crippen molar-refractivity contribution in [3.8, 4) is 5.75 Å². The second-order valence-corrected chi connectivity index (χ2v) is 7.64. The molecule has 3 aromatic rings. The molecule has 0 fully saturated rings. The highest BCUT2D eigenvalue weighted by molar-refractivity contribution is 7.80. The molecule has 0 saturated carbocycles. The number of hydrogen-bond donors (Lipinski definition) is 3. The van der Waals surface area contributed by atoms with Gasteiger partial charge < -0.3 is 4.74 Å². The third-order valence-corrected chi connectivity index (χ3v) is 5.52. The van der Waals surface area contributed by atoms with Gasteiger partial charge in [0.2, 0.25) is 0 Å². The van der Waals surface area contributed by atoms with Gasteiger partial charge in [-0.25, -0.2) is 0 Å². The summed E-state index contributed by atoms with van der Waals surface area (Å²) < 4.78 is 6.30. The first-order chi connectivity index (χ1) is 13.4. The Bertz CT molecular complexity index is 1050. The Morgan fingerprint density at radius 2 is 1.93 bits per heavy atom. The summed E-state index contributed by atoms with van der Waals surface area (Å²) in [4.78, 5) is 24.6. The second kappa shape index (κ2) is 9.01. The fourth-order valence-corrected chi connectivity index (χ4v) is 3.96. The molecule has 3 N–H and O–H groups in total. The SMILES string of the molecule is Cc1cccc(OCC(=O)NC(=S)NNC(=O)c2sc3ccccc3c2Cl)c1. The number of halogens is 1. The van der Waals surface area contributed by atoms with Gasteiger partial charge in [-0.3, -0.25) is 25.8 Å². The average molecular weight is 434 g/mol. The number of carbonyl (C=O) groups is 2. The molecule has 0 aliphatic rings. The molecule has 3 rings (SSSR count). The number of hydrazine groups is 1. The van der Waals surface area contributed by atoms with Gasteiger partial charge >= 0.3 is 0 Å². The zero-order valence-corrected chi connectivity index (χ0v) is 17.1. The summed E-state index contributed by atoms with van der Waals surface area (Å²) in [6.07, 6.45) is 0. The maximum absolute atomic E-state index is 12.3. The van der Waals surface area contributed by atoms with Crippen LogP contribution in [0.4, 0.5) is 0 Å². The van der Waals surface area contributed by atoms with Gasteiger partial charge in [0, 0.05) is 10.1 Å². The normalized spacial score (nSPS) is 10.4. The molecule has 1 heterocycles. The highest BCUT2D eigenvalue weighted by atomic mass is 35.5. The molecule has 0 saturated heterocycles. The maximum Gasteiger partial charge on any atom is 0.281 e. The molecule has 6 nitrogen and oxygen atoms in total. The van der Waals surface area contributed by atoms with E-state index in [1.165, 1.54) is 11.3 Å². The van der Waals surface area contributed by atoms with Crippen molar-refractivity contribution in [2.75, 3.05) is 6.61 Å². The van der Waals surface area contributed by atoms with E-state index in [4.69, 9.17) is 28.6 Å². The number of amides is 2. The van der Waals surface area contributed by atoms with E-state index < -0.39 is 11.8 Å². The Kier molecular flexibility index (Phi) is 6.45. The summed E-state index contributed by atoms with van der Waals surface area (Å²) in [6.45, 7) is 1.72. The number of benzene rings is 2. The maximum atomic E-state index is 12.3. The lowest BCUT2D eigenvalue weighted by molar-refractivity contribution is -0.121. The second-order valence-electron chi connectivity index (χ2n) is 5.80. The van der Waals surface area contributed by atoms with Gasteiger partial charge in [0.1, 0.15) is 10.6 Å². The first-order valence-corrected chi connectivity index (χ1v) is 9.81. The summed E-state index contributed by atoms with van der Waals surface area (Å²) in [5.41, 5.74) is 5.94. The van der Waals surface area contributed by atoms with Crippen LogP contribution in [0.2, 0.25) is 5.02 Å². The van der Waals surface area contributed by atoms with E-state index >= 15 is 0 Å². The summed E-state index contributed by atoms with van der Waals surface area (Å²) in [6, 6.07) is 14.8. The predicted octanol–water partition coefficient (Wildman–Crippen LogP) is 3.58. The summed E-state index contributed by atoms with van der Waals surface area (Å²) in [7, 11) is 0. The predicted molar refractivity (Wildman–Crippen MR) is 115 cm³/mol. The van der Waals surface area contributed by atoms with Crippen LogP contribution < -0.4 is 20.9 Å². The minimum absolute atomic E-state index is 0.0524. The van der Waals surface area contributed by atoms with Crippen molar-refractivity contribution in [2.24, 2.45) is 0 Å². The zero-order valence-electron chi connectivity index (χ0n) is 14.7. The van der Waals surface area contributed by atoms with E-state index in [1.807, 2.05) is 49.4 Å². The van der Waals surface area contributed by atoms with Gasteiger partial charge in [0.05, 0.1) is 5.02 Å². The molecule has 0 aliphatic carbocycles. The quantitative estimate of drug-likeness (QED) is 0.433. The van der Waals surface area contributed by atoms with Crippen molar-refractivity contribution >= 4 is 62.2 Å². The number of ether oxygens (including phenoxy) is 1. The van der Waals surface area contributed by atoms with Crippen LogP contribution in [0.3, 0.4) is 0 Å². The Balaban J connectivity index is 1.48. The minimum Gasteiger partial charge on any atom is -0.484 e. The number of rotatable bonds is 4. The molecule has 0 aliphatic heterocycles. The highest BCUT2D eigenvalue weighted by Crippen LogP contribution is 2.34. The van der Waals surface area contributed by atoms with Gasteiger partial charge in [0.25, 0.3) is 11.8 Å². The van der Waals surface area contributed by atoms with E-state index in [0.717, 1.165) is 15.6 Å². The van der Waals surface area contributed by atoms with E-state index in [9.17, 15) is 9.59 Å². The number of carbonyl (C=O) groups excluding carboxylic acids is 2. The van der Waals surface area contributed by atoms with Gasteiger partial charge in [-0.05, 0) is 42.9 Å². The smallest absolute Gasteiger partial charge is 0.281 e. The lowest BCUT2D eigenvalue weighted by Gasteiger charge is -2.11. The third-order valence-electron chi connectivity index (χ3n) is 3.64. The molecule has 0 spiro atoms. The summed E-state index contributed by atoms with van der Waals surface area (Å²) in [5, 5.41) is 3.56. The Morgan fingerprint density at radius 1 is 1.14 bits per heavy atom. The van der Waals surface area contributed by atoms with Gasteiger partial charge in [-0.15, -0.1) is 11.3 Å². The molecule has 2 aromatic carbocycles. The van der Waals surface area contributed by atoms with Gasteiger partial charge in [-0.1, -0.05) is 41.9 Å². The number of thiocarbonyl (C=S) groups is 1. The first kappa shape index (κ1) is 20.1. The number of aryl methyl sites for hydroxylation is 1. The van der Waals surface area contributed by atoms with Crippen LogP contribution >= 0.6 is 35.2 Å². The van der Waals surface area contributed by atoms with E-state index in [2.05, 4.69) is 16.2 Å². The molecule has 144 valence electrons. The van der Waals surface area contributed by atoms with Crippen molar-refractivity contribution in [2.45, 2.75) is 6.92 Å². The number of fused-ring (bicyclic) bond motifs is 1. The topological polar surface area (TPSA) is 79.5 Å². The largest absolute Gasteiger partial charge is 0.484 e. The average Bonchev–Trinajstić information content (AvgIpc) is 3.02. The Morgan fingerprint density at radius 3 is 2.68 bits per heavy atom. The summed E-state index contributed by atoms with van der Waals surface area (Å²) >= 11 is 12.5. The van der Waals surface area contributed by atoms with Crippen LogP contribution in [0.5, 0.6) is 5.75 Å². The number of nitrogens with one attached hydrogen (secondary N) is 3. The molecule has 28 heavy (non-hydrogen) atoms. The van der Waals surface area contributed by atoms with Crippen LogP contribution in [0, 0.1) is 6.92 Å². The number of hydrogen-bond acceptors (Lipinski definition) is 5. The molecule has 0 bridgehead atoms. The lowest BCUT2D eigenvalue weighted by atomic mass is 10.2. The van der Waals surface area contributed by atoms with Crippen molar-refractivity contribution in [1.82, 2.24) is 16.2 Å². The van der Waals surface area contributed by atoms with Crippen molar-refractivity contribution < 1.29 is 14.3 Å². The van der Waals surface area contributed by atoms with Gasteiger partial charge in [0.15, 0.2) is 11.7 Å². The van der Waals surface area contributed by atoms with Crippen LogP contribution in [-0.2, 0) is 4.79 Å². The van der Waals surface area contributed by atoms with E-state index in [-0.39, 0.29) is 11.7 Å². The van der Waals surface area contributed by atoms with E-state index in [0.29, 0.717) is 15.6 Å². The van der Waals surface area contributed by atoms with Crippen molar-refractivity contribution in [3.05, 3.63) is 64.0 Å². The molecule has 9 heteroatoms. The van der Waals surface area contributed by atoms with Crippen LogP contribution in [-0.4, -0.2) is 23.5 Å². The van der Waals surface area contributed by atoms with Crippen molar-refractivity contribution in [3.63, 3.8) is 0 Å². The monoisotopic (exact) mass is 433 g/mol. The standard InChI is InChI=1S/C19H16ClN3O3S2/c1-11-5-4-6-12(9-11)26-10-15(24)21-19(27)23-22-18(25)17-16(20)13-7-2-3-8-14(13)28-17/h2-9H,10H2,1H3,(H,22,25)(H2,21,23,24,27). The number of thiophene rings is 1. The first-order valence-electron chi connectivity index (χ1n) is 8.20. The molecule has 1 aromatic heterocycles. The highest BCUT2D eigenvalue weighted by Gasteiger charge is 2.17. The minimum atomic E-state index is -0.451. The Labute approximate surface area is 175 Å². The third kappa shape index (κ3) is 4.98. The lowest BCUT2D eigenvalue weighted by Crippen LogP contribution is -2.49. The van der Waals surface area contributed by atoms with Crippen molar-refractivity contribution in [1.29, 1.82) is 0 Å². The van der Waals surface area contributed by atoms with Crippen LogP contribution in [0.1, 0.15) is 15.2 Å². The molecule has 2 amide bonds. The van der Waals surface area contributed by atoms with Crippen LogP contribution in [0.15, 0.2) is 48.5 Å². The molecule has 0 unspecified atom stereocenters. The zero-order chi connectivity index (χ0) is 20.1. The molecular formula is C19H16ClN3O3S2. The molecular weight excluding hydrogens is 418 g/mol. The summed E-state index contributed by atoms with van der Waals surface area (Å²) in [5.74, 6) is -0.311.